The lowest BCUT2D eigenvalue weighted by atomic mass is 10.1. The predicted octanol–water partition coefficient (Wildman–Crippen LogP) is 1.04. The number of rotatable bonds is 6. The van der Waals surface area contributed by atoms with E-state index in [4.69, 9.17) is 0 Å². The first kappa shape index (κ1) is 15.9. The highest BCUT2D eigenvalue weighted by Crippen LogP contribution is 2.18. The molecule has 108 valence electrons. The maximum absolute atomic E-state index is 12.6. The standard InChI is InChI=1S/C12H27N3O2S/c1-5-9-15(12-7-6-8-13-10-12)18(16,17)14(4)11(2)3/h11-13H,5-10H2,1-4H3. The predicted molar refractivity (Wildman–Crippen MR) is 74.7 cm³/mol. The van der Waals surface area contributed by atoms with Gasteiger partial charge in [0.05, 0.1) is 0 Å². The van der Waals surface area contributed by atoms with E-state index in [0.29, 0.717) is 6.54 Å². The van der Waals surface area contributed by atoms with Crippen molar-refractivity contribution in [3.05, 3.63) is 0 Å². The zero-order valence-electron chi connectivity index (χ0n) is 12.0. The van der Waals surface area contributed by atoms with Crippen molar-refractivity contribution in [3.8, 4) is 0 Å². The summed E-state index contributed by atoms with van der Waals surface area (Å²) >= 11 is 0. The average molecular weight is 277 g/mol. The highest BCUT2D eigenvalue weighted by molar-refractivity contribution is 7.86. The summed E-state index contributed by atoms with van der Waals surface area (Å²) in [6.07, 6.45) is 2.85. The quantitative estimate of drug-likeness (QED) is 0.789. The van der Waals surface area contributed by atoms with Crippen LogP contribution in [0.3, 0.4) is 0 Å². The fraction of sp³-hybridized carbons (Fsp3) is 1.00. The van der Waals surface area contributed by atoms with Gasteiger partial charge in [-0.15, -0.1) is 0 Å². The third-order valence-corrected chi connectivity index (χ3v) is 5.73. The molecule has 0 saturated carbocycles. The molecule has 0 aromatic heterocycles. The molecule has 0 bridgehead atoms. The SMILES string of the molecule is CCCN(C1CCCNC1)S(=O)(=O)N(C)C(C)C. The molecule has 1 atom stereocenters. The molecule has 0 aromatic rings. The van der Waals surface area contributed by atoms with Crippen molar-refractivity contribution in [3.63, 3.8) is 0 Å². The summed E-state index contributed by atoms with van der Waals surface area (Å²) in [6, 6.07) is 0.0933. The minimum absolute atomic E-state index is 0.00842. The first-order chi connectivity index (χ1) is 8.41. The monoisotopic (exact) mass is 277 g/mol. The molecule has 0 spiro atoms. The van der Waals surface area contributed by atoms with Gasteiger partial charge in [-0.2, -0.15) is 17.0 Å². The summed E-state index contributed by atoms with van der Waals surface area (Å²) in [7, 11) is -1.67. The fourth-order valence-corrected chi connectivity index (χ4v) is 4.05. The smallest absolute Gasteiger partial charge is 0.282 e. The van der Waals surface area contributed by atoms with Gasteiger partial charge in [0.25, 0.3) is 10.2 Å². The van der Waals surface area contributed by atoms with E-state index >= 15 is 0 Å². The Bertz CT molecular complexity index is 337. The van der Waals surface area contributed by atoms with Crippen molar-refractivity contribution in [2.24, 2.45) is 0 Å². The average Bonchev–Trinajstić information content (AvgIpc) is 2.35. The Morgan fingerprint density at radius 3 is 2.50 bits per heavy atom. The normalized spacial score (nSPS) is 22.1. The van der Waals surface area contributed by atoms with Gasteiger partial charge in [-0.05, 0) is 39.7 Å². The van der Waals surface area contributed by atoms with Crippen molar-refractivity contribution in [2.45, 2.75) is 52.1 Å². The molecule has 6 heteroatoms. The van der Waals surface area contributed by atoms with Crippen LogP contribution in [-0.4, -0.2) is 55.8 Å². The van der Waals surface area contributed by atoms with Gasteiger partial charge in [-0.3, -0.25) is 0 Å². The lowest BCUT2D eigenvalue weighted by Gasteiger charge is -2.37. The van der Waals surface area contributed by atoms with Gasteiger partial charge in [-0.25, -0.2) is 0 Å². The van der Waals surface area contributed by atoms with Crippen LogP contribution in [0.1, 0.15) is 40.0 Å². The molecule has 0 aliphatic carbocycles. The summed E-state index contributed by atoms with van der Waals surface area (Å²) < 4.78 is 28.3. The van der Waals surface area contributed by atoms with Crippen LogP contribution in [0, 0.1) is 0 Å². The highest BCUT2D eigenvalue weighted by Gasteiger charge is 2.34. The number of nitrogens with zero attached hydrogens (tertiary/aromatic N) is 2. The van der Waals surface area contributed by atoms with Crippen LogP contribution in [0.4, 0.5) is 0 Å². The van der Waals surface area contributed by atoms with Gasteiger partial charge in [0.15, 0.2) is 0 Å². The third-order valence-electron chi connectivity index (χ3n) is 3.51. The zero-order valence-corrected chi connectivity index (χ0v) is 12.8. The second kappa shape index (κ2) is 6.84. The van der Waals surface area contributed by atoms with Crippen molar-refractivity contribution < 1.29 is 8.42 Å². The van der Waals surface area contributed by atoms with Crippen LogP contribution in [0.25, 0.3) is 0 Å². The van der Waals surface area contributed by atoms with Crippen LogP contribution < -0.4 is 5.32 Å². The Balaban J connectivity index is 2.88. The van der Waals surface area contributed by atoms with E-state index < -0.39 is 10.2 Å². The fourth-order valence-electron chi connectivity index (χ4n) is 2.22. The molecule has 5 nitrogen and oxygen atoms in total. The van der Waals surface area contributed by atoms with Gasteiger partial charge >= 0.3 is 0 Å². The molecule has 0 aromatic carbocycles. The number of hydrogen-bond donors (Lipinski definition) is 1. The Hall–Kier alpha value is -0.170. The molecular weight excluding hydrogens is 250 g/mol. The molecule has 1 rings (SSSR count). The highest BCUT2D eigenvalue weighted by atomic mass is 32.2. The van der Waals surface area contributed by atoms with E-state index in [9.17, 15) is 8.42 Å². The van der Waals surface area contributed by atoms with Crippen LogP contribution in [0.15, 0.2) is 0 Å². The summed E-state index contributed by atoms with van der Waals surface area (Å²) in [5.74, 6) is 0. The number of hydrogen-bond acceptors (Lipinski definition) is 3. The Morgan fingerprint density at radius 2 is 2.06 bits per heavy atom. The number of nitrogens with one attached hydrogen (secondary N) is 1. The van der Waals surface area contributed by atoms with Gasteiger partial charge < -0.3 is 5.32 Å². The lowest BCUT2D eigenvalue weighted by molar-refractivity contribution is 0.243. The maximum Gasteiger partial charge on any atom is 0.282 e. The van der Waals surface area contributed by atoms with Crippen LogP contribution in [0.5, 0.6) is 0 Å². The maximum atomic E-state index is 12.6. The molecular formula is C12H27N3O2S. The zero-order chi connectivity index (χ0) is 13.8. The summed E-state index contributed by atoms with van der Waals surface area (Å²) in [4.78, 5) is 0. The summed E-state index contributed by atoms with van der Waals surface area (Å²) in [5.41, 5.74) is 0. The Kier molecular flexibility index (Phi) is 6.04. The second-order valence-electron chi connectivity index (χ2n) is 5.23. The van der Waals surface area contributed by atoms with Gasteiger partial charge in [0.2, 0.25) is 0 Å². The lowest BCUT2D eigenvalue weighted by Crippen LogP contribution is -2.53. The first-order valence-electron chi connectivity index (χ1n) is 6.86. The summed E-state index contributed by atoms with van der Waals surface area (Å²) in [5, 5.41) is 3.29. The van der Waals surface area contributed by atoms with Crippen molar-refractivity contribution in [1.29, 1.82) is 0 Å². The second-order valence-corrected chi connectivity index (χ2v) is 7.17. The minimum atomic E-state index is -3.34. The van der Waals surface area contributed by atoms with E-state index in [2.05, 4.69) is 5.32 Å². The molecule has 0 radical (unpaired) electrons. The van der Waals surface area contributed by atoms with E-state index in [1.807, 2.05) is 20.8 Å². The molecule has 1 aliphatic rings. The molecule has 1 saturated heterocycles. The van der Waals surface area contributed by atoms with E-state index in [0.717, 1.165) is 32.4 Å². The largest absolute Gasteiger partial charge is 0.315 e. The van der Waals surface area contributed by atoms with Crippen LogP contribution >= 0.6 is 0 Å². The van der Waals surface area contributed by atoms with E-state index in [1.54, 1.807) is 11.4 Å². The van der Waals surface area contributed by atoms with Crippen molar-refractivity contribution in [1.82, 2.24) is 13.9 Å². The van der Waals surface area contributed by atoms with Crippen molar-refractivity contribution >= 4 is 10.2 Å². The Morgan fingerprint density at radius 1 is 1.39 bits per heavy atom. The molecule has 0 amide bonds. The summed E-state index contributed by atoms with van der Waals surface area (Å²) in [6.45, 7) is 8.20. The molecule has 1 fully saturated rings. The van der Waals surface area contributed by atoms with Crippen molar-refractivity contribution in [2.75, 3.05) is 26.7 Å². The van der Waals surface area contributed by atoms with E-state index in [-0.39, 0.29) is 12.1 Å². The minimum Gasteiger partial charge on any atom is -0.315 e. The van der Waals surface area contributed by atoms with Gasteiger partial charge in [0, 0.05) is 32.2 Å². The molecule has 1 unspecified atom stereocenters. The van der Waals surface area contributed by atoms with E-state index in [1.165, 1.54) is 4.31 Å². The first-order valence-corrected chi connectivity index (χ1v) is 8.26. The molecule has 1 heterocycles. The molecule has 1 aliphatic heterocycles. The van der Waals surface area contributed by atoms with Crippen LogP contribution in [-0.2, 0) is 10.2 Å². The van der Waals surface area contributed by atoms with Gasteiger partial charge in [0.1, 0.15) is 0 Å². The molecule has 1 N–H and O–H groups in total. The topological polar surface area (TPSA) is 52.7 Å². The van der Waals surface area contributed by atoms with Gasteiger partial charge in [-0.1, -0.05) is 6.92 Å². The third kappa shape index (κ3) is 3.66. The van der Waals surface area contributed by atoms with Crippen LogP contribution in [0.2, 0.25) is 0 Å². The molecule has 18 heavy (non-hydrogen) atoms. The number of piperidine rings is 1. The Labute approximate surface area is 112 Å².